The van der Waals surface area contributed by atoms with Gasteiger partial charge in [-0.2, -0.15) is 0 Å². The van der Waals surface area contributed by atoms with Crippen molar-refractivity contribution in [3.05, 3.63) is 47.0 Å². The van der Waals surface area contributed by atoms with E-state index in [0.29, 0.717) is 12.0 Å². The standard InChI is InChI=1S/C13H14O3/c14-12(15)8-10-6-3-5-9-4-1-2-7-11(9)13(10)16/h1-2,4,7-8,13,16H,3,5-6H2,(H,14,15)/b10-8-/t13-/m1/s1. The summed E-state index contributed by atoms with van der Waals surface area (Å²) in [5, 5.41) is 18.9. The zero-order valence-corrected chi connectivity index (χ0v) is 8.89. The lowest BCUT2D eigenvalue weighted by Crippen LogP contribution is -2.04. The normalized spacial score (nSPS) is 22.6. The monoisotopic (exact) mass is 218 g/mol. The van der Waals surface area contributed by atoms with Gasteiger partial charge in [-0.15, -0.1) is 0 Å². The molecule has 1 aromatic carbocycles. The summed E-state index contributed by atoms with van der Waals surface area (Å²) in [7, 11) is 0. The molecule has 0 amide bonds. The highest BCUT2D eigenvalue weighted by atomic mass is 16.4. The van der Waals surface area contributed by atoms with Gasteiger partial charge in [0.15, 0.2) is 0 Å². The molecule has 0 aromatic heterocycles. The van der Waals surface area contributed by atoms with Gasteiger partial charge in [-0.25, -0.2) is 4.79 Å². The lowest BCUT2D eigenvalue weighted by atomic mass is 9.98. The van der Waals surface area contributed by atoms with Crippen molar-refractivity contribution in [2.75, 3.05) is 0 Å². The van der Waals surface area contributed by atoms with E-state index in [-0.39, 0.29) is 0 Å². The molecular weight excluding hydrogens is 204 g/mol. The molecular formula is C13H14O3. The van der Waals surface area contributed by atoms with Gasteiger partial charge in [-0.1, -0.05) is 24.3 Å². The molecule has 0 heterocycles. The van der Waals surface area contributed by atoms with E-state index in [0.717, 1.165) is 30.0 Å². The van der Waals surface area contributed by atoms with Crippen LogP contribution in [0.15, 0.2) is 35.9 Å². The van der Waals surface area contributed by atoms with Crippen LogP contribution in [0.4, 0.5) is 0 Å². The third-order valence-corrected chi connectivity index (χ3v) is 2.92. The zero-order valence-electron chi connectivity index (χ0n) is 8.89. The first-order valence-corrected chi connectivity index (χ1v) is 5.38. The molecule has 3 nitrogen and oxygen atoms in total. The van der Waals surface area contributed by atoms with E-state index in [9.17, 15) is 9.90 Å². The Kier molecular flexibility index (Phi) is 3.06. The summed E-state index contributed by atoms with van der Waals surface area (Å²) in [6.45, 7) is 0. The lowest BCUT2D eigenvalue weighted by Gasteiger charge is -2.13. The van der Waals surface area contributed by atoms with E-state index in [4.69, 9.17) is 5.11 Å². The van der Waals surface area contributed by atoms with Crippen LogP contribution >= 0.6 is 0 Å². The molecule has 2 rings (SSSR count). The van der Waals surface area contributed by atoms with Crippen LogP contribution in [0.2, 0.25) is 0 Å². The Morgan fingerprint density at radius 3 is 2.81 bits per heavy atom. The van der Waals surface area contributed by atoms with Gasteiger partial charge >= 0.3 is 5.97 Å². The Labute approximate surface area is 94.0 Å². The average Bonchev–Trinajstić information content (AvgIpc) is 2.40. The summed E-state index contributed by atoms with van der Waals surface area (Å²) in [5.74, 6) is -0.992. The van der Waals surface area contributed by atoms with Gasteiger partial charge in [0.05, 0.1) is 0 Å². The number of benzene rings is 1. The van der Waals surface area contributed by atoms with Crippen LogP contribution in [0.1, 0.15) is 30.1 Å². The fourth-order valence-corrected chi connectivity index (χ4v) is 2.16. The highest BCUT2D eigenvalue weighted by Gasteiger charge is 2.20. The molecule has 0 spiro atoms. The highest BCUT2D eigenvalue weighted by Crippen LogP contribution is 2.32. The van der Waals surface area contributed by atoms with Crippen molar-refractivity contribution in [2.24, 2.45) is 0 Å². The predicted molar refractivity (Wildman–Crippen MR) is 60.1 cm³/mol. The van der Waals surface area contributed by atoms with Crippen LogP contribution in [0, 0.1) is 0 Å². The smallest absolute Gasteiger partial charge is 0.328 e. The molecule has 0 saturated carbocycles. The van der Waals surface area contributed by atoms with Crippen LogP contribution < -0.4 is 0 Å². The molecule has 1 aliphatic rings. The van der Waals surface area contributed by atoms with E-state index in [2.05, 4.69) is 0 Å². The van der Waals surface area contributed by atoms with Gasteiger partial charge in [0.1, 0.15) is 6.10 Å². The number of aliphatic carboxylic acids is 1. The van der Waals surface area contributed by atoms with E-state index < -0.39 is 12.1 Å². The van der Waals surface area contributed by atoms with Crippen molar-refractivity contribution in [2.45, 2.75) is 25.4 Å². The molecule has 3 heteroatoms. The van der Waals surface area contributed by atoms with Gasteiger partial charge in [-0.3, -0.25) is 0 Å². The number of carbonyl (C=O) groups is 1. The number of rotatable bonds is 1. The Hall–Kier alpha value is -1.61. The average molecular weight is 218 g/mol. The number of hydrogen-bond acceptors (Lipinski definition) is 2. The van der Waals surface area contributed by atoms with E-state index in [1.54, 1.807) is 0 Å². The minimum atomic E-state index is -0.992. The minimum Gasteiger partial charge on any atom is -0.478 e. The van der Waals surface area contributed by atoms with Crippen molar-refractivity contribution in [3.8, 4) is 0 Å². The third-order valence-electron chi connectivity index (χ3n) is 2.92. The first kappa shape index (κ1) is 10.9. The quantitative estimate of drug-likeness (QED) is 0.560. The highest BCUT2D eigenvalue weighted by molar-refractivity contribution is 5.81. The first-order valence-electron chi connectivity index (χ1n) is 5.38. The zero-order chi connectivity index (χ0) is 11.5. The molecule has 1 atom stereocenters. The van der Waals surface area contributed by atoms with E-state index in [1.807, 2.05) is 24.3 Å². The van der Waals surface area contributed by atoms with Crippen LogP contribution in [0.3, 0.4) is 0 Å². The maximum atomic E-state index is 10.6. The molecule has 0 unspecified atom stereocenters. The van der Waals surface area contributed by atoms with Crippen molar-refractivity contribution in [3.63, 3.8) is 0 Å². The van der Waals surface area contributed by atoms with Gasteiger partial charge < -0.3 is 10.2 Å². The lowest BCUT2D eigenvalue weighted by molar-refractivity contribution is -0.131. The molecule has 16 heavy (non-hydrogen) atoms. The molecule has 84 valence electrons. The van der Waals surface area contributed by atoms with Crippen molar-refractivity contribution in [1.82, 2.24) is 0 Å². The van der Waals surface area contributed by atoms with Gasteiger partial charge in [-0.05, 0) is 36.0 Å². The Bertz CT molecular complexity index is 435. The molecule has 0 radical (unpaired) electrons. The molecule has 0 fully saturated rings. The fraction of sp³-hybridized carbons (Fsp3) is 0.308. The maximum absolute atomic E-state index is 10.6. The van der Waals surface area contributed by atoms with Crippen LogP contribution in [0.5, 0.6) is 0 Å². The molecule has 2 N–H and O–H groups in total. The SMILES string of the molecule is O=C(O)/C=C1/CCCc2ccccc2[C@@H]1O. The van der Waals surface area contributed by atoms with Gasteiger partial charge in [0.2, 0.25) is 0 Å². The summed E-state index contributed by atoms with van der Waals surface area (Å²) in [5.41, 5.74) is 2.55. The number of hydrogen-bond donors (Lipinski definition) is 2. The van der Waals surface area contributed by atoms with Gasteiger partial charge in [0, 0.05) is 6.08 Å². The number of carboxylic acids is 1. The Morgan fingerprint density at radius 1 is 1.31 bits per heavy atom. The van der Waals surface area contributed by atoms with E-state index >= 15 is 0 Å². The minimum absolute atomic E-state index is 0.595. The Balaban J connectivity index is 2.41. The summed E-state index contributed by atoms with van der Waals surface area (Å²) >= 11 is 0. The molecule has 0 aliphatic heterocycles. The second-order valence-corrected chi connectivity index (χ2v) is 4.01. The molecule has 0 bridgehead atoms. The topological polar surface area (TPSA) is 57.5 Å². The number of aliphatic hydroxyl groups excluding tert-OH is 1. The predicted octanol–water partition coefficient (Wildman–Crippen LogP) is 2.07. The third kappa shape index (κ3) is 2.14. The van der Waals surface area contributed by atoms with Gasteiger partial charge in [0.25, 0.3) is 0 Å². The fourth-order valence-electron chi connectivity index (χ4n) is 2.16. The maximum Gasteiger partial charge on any atom is 0.328 e. The number of aryl methyl sites for hydroxylation is 1. The molecule has 1 aliphatic carbocycles. The summed E-state index contributed by atoms with van der Waals surface area (Å²) in [6.07, 6.45) is 2.78. The van der Waals surface area contributed by atoms with Crippen molar-refractivity contribution in [1.29, 1.82) is 0 Å². The summed E-state index contributed by atoms with van der Waals surface area (Å²) in [6, 6.07) is 7.66. The van der Waals surface area contributed by atoms with E-state index in [1.165, 1.54) is 0 Å². The van der Waals surface area contributed by atoms with Crippen LogP contribution in [0.25, 0.3) is 0 Å². The largest absolute Gasteiger partial charge is 0.478 e. The first-order chi connectivity index (χ1) is 7.68. The van der Waals surface area contributed by atoms with Crippen LogP contribution in [-0.2, 0) is 11.2 Å². The number of fused-ring (bicyclic) bond motifs is 1. The molecule has 0 saturated heterocycles. The summed E-state index contributed by atoms with van der Waals surface area (Å²) in [4.78, 5) is 10.6. The second kappa shape index (κ2) is 4.49. The van der Waals surface area contributed by atoms with Crippen molar-refractivity contribution < 1.29 is 15.0 Å². The Morgan fingerprint density at radius 2 is 2.06 bits per heavy atom. The molecule has 1 aromatic rings. The number of aliphatic hydroxyl groups is 1. The summed E-state index contributed by atoms with van der Waals surface area (Å²) < 4.78 is 0. The second-order valence-electron chi connectivity index (χ2n) is 4.01. The van der Waals surface area contributed by atoms with Crippen LogP contribution in [-0.4, -0.2) is 16.2 Å². The number of carboxylic acid groups (broad SMARTS) is 1. The van der Waals surface area contributed by atoms with Crippen molar-refractivity contribution >= 4 is 5.97 Å².